The molecule has 1 unspecified atom stereocenters. The van der Waals surface area contributed by atoms with Crippen LogP contribution in [-0.2, 0) is 16.0 Å². The van der Waals surface area contributed by atoms with Gasteiger partial charge in [0.05, 0.1) is 17.8 Å². The molecule has 3 fully saturated rings. The Morgan fingerprint density at radius 1 is 1.18 bits per heavy atom. The fourth-order valence-electron chi connectivity index (χ4n) is 5.00. The van der Waals surface area contributed by atoms with Crippen LogP contribution >= 0.6 is 0 Å². The molecule has 2 aliphatic carbocycles. The Morgan fingerprint density at radius 2 is 1.89 bits per heavy atom. The molecule has 1 atom stereocenters. The lowest BCUT2D eigenvalue weighted by atomic mass is 9.93. The number of hydrogen-bond donors (Lipinski definition) is 1. The van der Waals surface area contributed by atoms with Gasteiger partial charge in [0.1, 0.15) is 5.82 Å². The van der Waals surface area contributed by atoms with Gasteiger partial charge in [-0.1, -0.05) is 18.9 Å². The third-order valence-corrected chi connectivity index (χ3v) is 6.83. The Morgan fingerprint density at radius 3 is 2.54 bits per heavy atom. The van der Waals surface area contributed by atoms with Crippen molar-refractivity contribution in [2.24, 2.45) is 11.8 Å². The lowest BCUT2D eigenvalue weighted by Crippen LogP contribution is -2.52. The van der Waals surface area contributed by atoms with Crippen LogP contribution in [0.3, 0.4) is 0 Å². The van der Waals surface area contributed by atoms with Gasteiger partial charge in [0.25, 0.3) is 0 Å². The summed E-state index contributed by atoms with van der Waals surface area (Å²) in [5, 5.41) is 2.96. The predicted molar refractivity (Wildman–Crippen MR) is 109 cm³/mol. The van der Waals surface area contributed by atoms with E-state index >= 15 is 0 Å². The van der Waals surface area contributed by atoms with Crippen molar-refractivity contribution >= 4 is 11.6 Å². The van der Waals surface area contributed by atoms with Crippen LogP contribution in [0.4, 0.5) is 10.1 Å². The number of carbonyl (C=O) groups excluding carboxylic acids is 1. The first-order chi connectivity index (χ1) is 13.6. The SMILES string of the molecule is COC1CCN(C(C(=O)Nc2cc(CC3CC3)ccc2F)C2CCCC2)CC1. The minimum atomic E-state index is -0.337. The molecule has 3 aliphatic rings. The summed E-state index contributed by atoms with van der Waals surface area (Å²) in [5.74, 6) is 0.737. The zero-order chi connectivity index (χ0) is 19.5. The number of halogens is 1. The highest BCUT2D eigenvalue weighted by Crippen LogP contribution is 2.35. The molecule has 28 heavy (non-hydrogen) atoms. The summed E-state index contributed by atoms with van der Waals surface area (Å²) >= 11 is 0. The van der Waals surface area contributed by atoms with Gasteiger partial charge >= 0.3 is 0 Å². The molecule has 1 heterocycles. The number of benzene rings is 1. The number of amides is 1. The third kappa shape index (κ3) is 4.74. The van der Waals surface area contributed by atoms with E-state index in [1.807, 2.05) is 12.1 Å². The van der Waals surface area contributed by atoms with Crippen molar-refractivity contribution in [2.45, 2.75) is 69.9 Å². The molecule has 0 aromatic heterocycles. The zero-order valence-corrected chi connectivity index (χ0v) is 17.0. The molecule has 1 aromatic rings. The maximum Gasteiger partial charge on any atom is 0.242 e. The summed E-state index contributed by atoms with van der Waals surface area (Å²) in [6, 6.07) is 5.04. The maximum atomic E-state index is 14.4. The predicted octanol–water partition coefficient (Wildman–Crippen LogP) is 4.39. The topological polar surface area (TPSA) is 41.6 Å². The monoisotopic (exact) mass is 388 g/mol. The standard InChI is InChI=1S/C23H33FN2O2/c1-28-19-10-12-26(13-11-19)22(18-4-2-3-5-18)23(27)25-21-15-17(8-9-20(21)24)14-16-6-7-16/h8-9,15-16,18-19,22H,2-7,10-14H2,1H3,(H,25,27). The van der Waals surface area contributed by atoms with Crippen molar-refractivity contribution in [3.63, 3.8) is 0 Å². The van der Waals surface area contributed by atoms with E-state index in [0.717, 1.165) is 56.7 Å². The van der Waals surface area contributed by atoms with Gasteiger partial charge in [-0.3, -0.25) is 9.69 Å². The first-order valence-electron chi connectivity index (χ1n) is 11.0. The molecule has 1 aliphatic heterocycles. The second kappa shape index (κ2) is 8.91. The molecule has 4 nitrogen and oxygen atoms in total. The summed E-state index contributed by atoms with van der Waals surface area (Å²) in [4.78, 5) is 15.6. The van der Waals surface area contributed by atoms with Crippen LogP contribution in [0.5, 0.6) is 0 Å². The molecule has 0 radical (unpaired) electrons. The molecule has 154 valence electrons. The summed E-state index contributed by atoms with van der Waals surface area (Å²) in [5.41, 5.74) is 1.47. The lowest BCUT2D eigenvalue weighted by molar-refractivity contribution is -0.124. The molecule has 1 amide bonds. The van der Waals surface area contributed by atoms with Gasteiger partial charge in [-0.05, 0) is 74.5 Å². The van der Waals surface area contributed by atoms with E-state index in [1.54, 1.807) is 7.11 Å². The van der Waals surface area contributed by atoms with E-state index in [2.05, 4.69) is 10.2 Å². The number of methoxy groups -OCH3 is 1. The van der Waals surface area contributed by atoms with Crippen molar-refractivity contribution in [1.82, 2.24) is 4.90 Å². The van der Waals surface area contributed by atoms with Crippen LogP contribution in [0.1, 0.15) is 56.9 Å². The largest absolute Gasteiger partial charge is 0.381 e. The molecule has 1 aromatic carbocycles. The zero-order valence-electron chi connectivity index (χ0n) is 17.0. The fourth-order valence-corrected chi connectivity index (χ4v) is 5.00. The quantitative estimate of drug-likeness (QED) is 0.753. The van der Waals surface area contributed by atoms with Gasteiger partial charge in [0.2, 0.25) is 5.91 Å². The molecule has 4 rings (SSSR count). The van der Waals surface area contributed by atoms with Crippen molar-refractivity contribution in [3.05, 3.63) is 29.6 Å². The molecular formula is C23H33FN2O2. The number of nitrogens with one attached hydrogen (secondary N) is 1. The molecule has 0 spiro atoms. The Bertz CT molecular complexity index is 677. The fraction of sp³-hybridized carbons (Fsp3) is 0.696. The summed E-state index contributed by atoms with van der Waals surface area (Å²) in [6.07, 6.45) is 10.3. The number of anilines is 1. The van der Waals surface area contributed by atoms with Gasteiger partial charge in [0.15, 0.2) is 0 Å². The number of nitrogens with zero attached hydrogens (tertiary/aromatic N) is 1. The average Bonchev–Trinajstić information content (AvgIpc) is 3.36. The summed E-state index contributed by atoms with van der Waals surface area (Å²) < 4.78 is 19.9. The lowest BCUT2D eigenvalue weighted by Gasteiger charge is -2.39. The molecule has 0 bridgehead atoms. The average molecular weight is 389 g/mol. The molecule has 2 saturated carbocycles. The van der Waals surface area contributed by atoms with E-state index in [0.29, 0.717) is 17.7 Å². The second-order valence-electron chi connectivity index (χ2n) is 8.91. The van der Waals surface area contributed by atoms with Crippen molar-refractivity contribution in [3.8, 4) is 0 Å². The van der Waals surface area contributed by atoms with Crippen molar-refractivity contribution in [2.75, 3.05) is 25.5 Å². The first kappa shape index (κ1) is 19.8. The first-order valence-corrected chi connectivity index (χ1v) is 11.0. The van der Waals surface area contributed by atoms with Gasteiger partial charge in [-0.15, -0.1) is 0 Å². The normalized spacial score (nSPS) is 23.1. The van der Waals surface area contributed by atoms with E-state index in [-0.39, 0.29) is 17.8 Å². The minimum absolute atomic E-state index is 0.0368. The Kier molecular flexibility index (Phi) is 6.32. The number of rotatable bonds is 7. The van der Waals surface area contributed by atoms with E-state index < -0.39 is 0 Å². The number of ether oxygens (including phenoxy) is 1. The Balaban J connectivity index is 1.47. The minimum Gasteiger partial charge on any atom is -0.381 e. The Labute approximate surface area is 167 Å². The van der Waals surface area contributed by atoms with Crippen molar-refractivity contribution < 1.29 is 13.9 Å². The summed E-state index contributed by atoms with van der Waals surface area (Å²) in [7, 11) is 1.76. The highest BCUT2D eigenvalue weighted by molar-refractivity contribution is 5.95. The smallest absolute Gasteiger partial charge is 0.242 e. The van der Waals surface area contributed by atoms with Gasteiger partial charge in [-0.25, -0.2) is 4.39 Å². The third-order valence-electron chi connectivity index (χ3n) is 6.83. The number of piperidine rings is 1. The van der Waals surface area contributed by atoms with Crippen LogP contribution in [0.15, 0.2) is 18.2 Å². The van der Waals surface area contributed by atoms with Crippen LogP contribution in [0, 0.1) is 17.7 Å². The van der Waals surface area contributed by atoms with Crippen LogP contribution < -0.4 is 5.32 Å². The molecule has 1 saturated heterocycles. The van der Waals surface area contributed by atoms with Crippen LogP contribution in [-0.4, -0.2) is 43.2 Å². The van der Waals surface area contributed by atoms with Gasteiger partial charge in [0, 0.05) is 20.2 Å². The molecule has 1 N–H and O–H groups in total. The summed E-state index contributed by atoms with van der Waals surface area (Å²) in [6.45, 7) is 1.74. The van der Waals surface area contributed by atoms with E-state index in [9.17, 15) is 9.18 Å². The van der Waals surface area contributed by atoms with Crippen LogP contribution in [0.25, 0.3) is 0 Å². The van der Waals surface area contributed by atoms with E-state index in [4.69, 9.17) is 4.74 Å². The van der Waals surface area contributed by atoms with Crippen molar-refractivity contribution in [1.29, 1.82) is 0 Å². The van der Waals surface area contributed by atoms with E-state index in [1.165, 1.54) is 31.7 Å². The van der Waals surface area contributed by atoms with Gasteiger partial charge < -0.3 is 10.1 Å². The number of carbonyl (C=O) groups is 1. The number of likely N-dealkylation sites (tertiary alicyclic amines) is 1. The maximum absolute atomic E-state index is 14.4. The van der Waals surface area contributed by atoms with Gasteiger partial charge in [-0.2, -0.15) is 0 Å². The molecular weight excluding hydrogens is 355 g/mol. The second-order valence-corrected chi connectivity index (χ2v) is 8.91. The number of hydrogen-bond acceptors (Lipinski definition) is 3. The Hall–Kier alpha value is -1.46. The molecule has 5 heteroatoms. The van der Waals surface area contributed by atoms with Crippen LogP contribution in [0.2, 0.25) is 0 Å². The highest BCUT2D eigenvalue weighted by atomic mass is 19.1. The highest BCUT2D eigenvalue weighted by Gasteiger charge is 2.37.